The normalized spacial score (nSPS) is 21.2. The standard InChI is InChI=1S/C19H26N4O/c24-19(22-16-8-10-23(13-16)12-14-5-6-14)20-9-7-15-11-21-18-4-2-1-3-17(15)18/h1-4,11,14,16,21H,5-10,12-13H2,(H2,20,22,24). The first-order valence-electron chi connectivity index (χ1n) is 9.09. The highest BCUT2D eigenvalue weighted by atomic mass is 16.2. The molecule has 1 aliphatic heterocycles. The number of hydrogen-bond acceptors (Lipinski definition) is 2. The van der Waals surface area contributed by atoms with Crippen molar-refractivity contribution in [3.05, 3.63) is 36.0 Å². The van der Waals surface area contributed by atoms with Crippen molar-refractivity contribution in [3.63, 3.8) is 0 Å². The number of aromatic amines is 1. The van der Waals surface area contributed by atoms with E-state index >= 15 is 0 Å². The van der Waals surface area contributed by atoms with E-state index in [-0.39, 0.29) is 6.03 Å². The van der Waals surface area contributed by atoms with Crippen LogP contribution in [0, 0.1) is 5.92 Å². The molecule has 0 bridgehead atoms. The highest BCUT2D eigenvalue weighted by molar-refractivity contribution is 5.83. The van der Waals surface area contributed by atoms with Crippen LogP contribution in [-0.2, 0) is 6.42 Å². The molecule has 1 aromatic heterocycles. The van der Waals surface area contributed by atoms with Gasteiger partial charge in [0, 0.05) is 49.3 Å². The van der Waals surface area contributed by atoms with Gasteiger partial charge in [-0.2, -0.15) is 0 Å². The fourth-order valence-corrected chi connectivity index (χ4v) is 3.67. The Balaban J connectivity index is 1.19. The first-order valence-corrected chi connectivity index (χ1v) is 9.09. The summed E-state index contributed by atoms with van der Waals surface area (Å²) in [6.07, 6.45) is 6.74. The highest BCUT2D eigenvalue weighted by Gasteiger charge is 2.29. The van der Waals surface area contributed by atoms with E-state index in [9.17, 15) is 4.79 Å². The van der Waals surface area contributed by atoms with Gasteiger partial charge in [-0.25, -0.2) is 4.79 Å². The molecular weight excluding hydrogens is 300 g/mol. The number of rotatable bonds is 6. The van der Waals surface area contributed by atoms with Crippen molar-refractivity contribution in [1.29, 1.82) is 0 Å². The number of likely N-dealkylation sites (tertiary alicyclic amines) is 1. The van der Waals surface area contributed by atoms with Gasteiger partial charge >= 0.3 is 6.03 Å². The third kappa shape index (κ3) is 3.73. The zero-order valence-corrected chi connectivity index (χ0v) is 14.1. The smallest absolute Gasteiger partial charge is 0.315 e. The lowest BCUT2D eigenvalue weighted by atomic mass is 10.1. The Hall–Kier alpha value is -2.01. The number of amides is 2. The predicted octanol–water partition coefficient (Wildman–Crippen LogP) is 2.49. The number of urea groups is 1. The monoisotopic (exact) mass is 326 g/mol. The molecule has 3 N–H and O–H groups in total. The van der Waals surface area contributed by atoms with Crippen LogP contribution in [0.4, 0.5) is 4.79 Å². The largest absolute Gasteiger partial charge is 0.361 e. The lowest BCUT2D eigenvalue weighted by molar-refractivity contribution is 0.236. The third-order valence-electron chi connectivity index (χ3n) is 5.18. The quantitative estimate of drug-likeness (QED) is 0.764. The van der Waals surface area contributed by atoms with Crippen LogP contribution in [0.2, 0.25) is 0 Å². The third-order valence-corrected chi connectivity index (χ3v) is 5.18. The van der Waals surface area contributed by atoms with E-state index in [0.29, 0.717) is 12.6 Å². The molecule has 2 fully saturated rings. The van der Waals surface area contributed by atoms with Crippen molar-refractivity contribution >= 4 is 16.9 Å². The Morgan fingerprint density at radius 1 is 1.25 bits per heavy atom. The summed E-state index contributed by atoms with van der Waals surface area (Å²) in [6, 6.07) is 8.54. The number of carbonyl (C=O) groups excluding carboxylic acids is 1. The molecule has 2 aromatic rings. The Labute approximate surface area is 142 Å². The molecule has 1 atom stereocenters. The first-order chi connectivity index (χ1) is 11.8. The van der Waals surface area contributed by atoms with Crippen LogP contribution in [0.3, 0.4) is 0 Å². The molecular formula is C19H26N4O. The molecule has 2 heterocycles. The van der Waals surface area contributed by atoms with Gasteiger partial charge in [0.15, 0.2) is 0 Å². The van der Waals surface area contributed by atoms with Gasteiger partial charge in [0.25, 0.3) is 0 Å². The second kappa shape index (κ2) is 6.85. The van der Waals surface area contributed by atoms with E-state index < -0.39 is 0 Å². The van der Waals surface area contributed by atoms with Gasteiger partial charge in [-0.1, -0.05) is 18.2 Å². The molecule has 4 rings (SSSR count). The maximum Gasteiger partial charge on any atom is 0.315 e. The van der Waals surface area contributed by atoms with Crippen LogP contribution in [0.15, 0.2) is 30.5 Å². The summed E-state index contributed by atoms with van der Waals surface area (Å²) >= 11 is 0. The molecule has 1 aromatic carbocycles. The lowest BCUT2D eigenvalue weighted by Crippen LogP contribution is -2.44. The van der Waals surface area contributed by atoms with Gasteiger partial charge < -0.3 is 20.5 Å². The number of benzene rings is 1. The van der Waals surface area contributed by atoms with Crippen LogP contribution in [0.25, 0.3) is 10.9 Å². The second-order valence-corrected chi connectivity index (χ2v) is 7.20. The van der Waals surface area contributed by atoms with E-state index in [1.807, 2.05) is 18.3 Å². The summed E-state index contributed by atoms with van der Waals surface area (Å²) in [7, 11) is 0. The maximum atomic E-state index is 12.1. The van der Waals surface area contributed by atoms with Crippen LogP contribution in [-0.4, -0.2) is 48.1 Å². The zero-order chi connectivity index (χ0) is 16.4. The Kier molecular flexibility index (Phi) is 4.43. The summed E-state index contributed by atoms with van der Waals surface area (Å²) in [5.41, 5.74) is 2.40. The molecule has 1 saturated carbocycles. The molecule has 128 valence electrons. The number of nitrogens with zero attached hydrogens (tertiary/aromatic N) is 1. The second-order valence-electron chi connectivity index (χ2n) is 7.20. The van der Waals surface area contributed by atoms with E-state index in [2.05, 4.69) is 32.7 Å². The topological polar surface area (TPSA) is 60.2 Å². The minimum atomic E-state index is -0.0342. The number of H-pyrrole nitrogens is 1. The van der Waals surface area contributed by atoms with Crippen LogP contribution in [0.1, 0.15) is 24.8 Å². The Bertz CT molecular complexity index is 706. The fraction of sp³-hybridized carbons (Fsp3) is 0.526. The molecule has 5 heteroatoms. The maximum absolute atomic E-state index is 12.1. The Morgan fingerprint density at radius 3 is 3.00 bits per heavy atom. The molecule has 0 spiro atoms. The first kappa shape index (κ1) is 15.5. The van der Waals surface area contributed by atoms with E-state index in [4.69, 9.17) is 0 Å². The average Bonchev–Trinajstić information content (AvgIpc) is 3.13. The van der Waals surface area contributed by atoms with Gasteiger partial charge in [0.2, 0.25) is 0 Å². The van der Waals surface area contributed by atoms with Crippen molar-refractivity contribution in [2.75, 3.05) is 26.2 Å². The molecule has 1 unspecified atom stereocenters. The van der Waals surface area contributed by atoms with Crippen molar-refractivity contribution in [2.24, 2.45) is 5.92 Å². The minimum absolute atomic E-state index is 0.0342. The molecule has 2 amide bonds. The predicted molar refractivity (Wildman–Crippen MR) is 96.1 cm³/mol. The number of carbonyl (C=O) groups is 1. The SMILES string of the molecule is O=C(NCCc1c[nH]c2ccccc12)NC1CCN(CC2CC2)C1. The highest BCUT2D eigenvalue weighted by Crippen LogP contribution is 2.30. The summed E-state index contributed by atoms with van der Waals surface area (Å²) in [4.78, 5) is 17.9. The van der Waals surface area contributed by atoms with E-state index in [0.717, 1.165) is 37.4 Å². The summed E-state index contributed by atoms with van der Waals surface area (Å²) < 4.78 is 0. The van der Waals surface area contributed by atoms with Crippen molar-refractivity contribution in [2.45, 2.75) is 31.7 Å². The number of hydrogen-bond donors (Lipinski definition) is 3. The summed E-state index contributed by atoms with van der Waals surface area (Å²) in [6.45, 7) is 4.01. The van der Waals surface area contributed by atoms with Crippen molar-refractivity contribution < 1.29 is 4.79 Å². The number of nitrogens with one attached hydrogen (secondary N) is 3. The van der Waals surface area contributed by atoms with Crippen molar-refractivity contribution in [3.8, 4) is 0 Å². The minimum Gasteiger partial charge on any atom is -0.361 e. The molecule has 1 saturated heterocycles. The van der Waals surface area contributed by atoms with Gasteiger partial charge in [-0.3, -0.25) is 0 Å². The molecule has 5 nitrogen and oxygen atoms in total. The van der Waals surface area contributed by atoms with Gasteiger partial charge in [-0.15, -0.1) is 0 Å². The number of para-hydroxylation sites is 1. The zero-order valence-electron chi connectivity index (χ0n) is 14.1. The fourth-order valence-electron chi connectivity index (χ4n) is 3.67. The summed E-state index contributed by atoms with van der Waals surface area (Å²) in [5.74, 6) is 0.925. The van der Waals surface area contributed by atoms with E-state index in [1.54, 1.807) is 0 Å². The van der Waals surface area contributed by atoms with Crippen LogP contribution < -0.4 is 10.6 Å². The average molecular weight is 326 g/mol. The van der Waals surface area contributed by atoms with Gasteiger partial charge in [-0.05, 0) is 43.2 Å². The Morgan fingerprint density at radius 2 is 2.12 bits per heavy atom. The molecule has 24 heavy (non-hydrogen) atoms. The summed E-state index contributed by atoms with van der Waals surface area (Å²) in [5, 5.41) is 7.36. The molecule has 0 radical (unpaired) electrons. The lowest BCUT2D eigenvalue weighted by Gasteiger charge is -2.16. The van der Waals surface area contributed by atoms with Crippen LogP contribution in [0.5, 0.6) is 0 Å². The van der Waals surface area contributed by atoms with Gasteiger partial charge in [0.1, 0.15) is 0 Å². The van der Waals surface area contributed by atoms with Crippen LogP contribution >= 0.6 is 0 Å². The number of aromatic nitrogens is 1. The molecule has 1 aliphatic carbocycles. The van der Waals surface area contributed by atoms with E-state index in [1.165, 1.54) is 30.3 Å². The van der Waals surface area contributed by atoms with Crippen molar-refractivity contribution in [1.82, 2.24) is 20.5 Å². The van der Waals surface area contributed by atoms with Gasteiger partial charge in [0.05, 0.1) is 0 Å². The molecule has 2 aliphatic rings. The number of fused-ring (bicyclic) bond motifs is 1.